The molecule has 1 aliphatic rings. The second-order valence-electron chi connectivity index (χ2n) is 3.75. The topological polar surface area (TPSA) is 52.4 Å². The summed E-state index contributed by atoms with van der Waals surface area (Å²) >= 11 is 11.6. The van der Waals surface area contributed by atoms with Crippen LogP contribution in [0.4, 0.5) is 5.69 Å². The summed E-state index contributed by atoms with van der Waals surface area (Å²) in [6, 6.07) is 2.61. The van der Waals surface area contributed by atoms with Gasteiger partial charge in [0.2, 0.25) is 0 Å². The van der Waals surface area contributed by atoms with E-state index in [2.05, 4.69) is 0 Å². The number of halogens is 2. The molecule has 0 aliphatic heterocycles. The minimum Gasteiger partial charge on any atom is -0.491 e. The van der Waals surface area contributed by atoms with Crippen LogP contribution in [0.2, 0.25) is 10.0 Å². The Bertz CT molecular complexity index is 432. The zero-order chi connectivity index (χ0) is 11.7. The van der Waals surface area contributed by atoms with Gasteiger partial charge in [-0.3, -0.25) is 10.1 Å². The van der Waals surface area contributed by atoms with E-state index in [9.17, 15) is 10.1 Å². The Balaban J connectivity index is 2.21. The van der Waals surface area contributed by atoms with Gasteiger partial charge in [0.1, 0.15) is 10.8 Å². The molecule has 0 heterocycles. The van der Waals surface area contributed by atoms with Crippen molar-refractivity contribution < 1.29 is 9.66 Å². The van der Waals surface area contributed by atoms with Gasteiger partial charge < -0.3 is 4.74 Å². The number of hydrogen-bond acceptors (Lipinski definition) is 3. The number of hydrogen-bond donors (Lipinski definition) is 0. The normalized spacial score (nSPS) is 14.9. The van der Waals surface area contributed by atoms with Crippen LogP contribution in [0.15, 0.2) is 12.1 Å². The summed E-state index contributed by atoms with van der Waals surface area (Å²) in [4.78, 5) is 10.1. The molecule has 0 N–H and O–H groups in total. The van der Waals surface area contributed by atoms with Gasteiger partial charge in [-0.1, -0.05) is 23.2 Å². The summed E-state index contributed by atoms with van der Waals surface area (Å²) in [6.45, 7) is 0.554. The molecule has 0 unspecified atom stereocenters. The summed E-state index contributed by atoms with van der Waals surface area (Å²) in [5.74, 6) is 0.885. The fourth-order valence-electron chi connectivity index (χ4n) is 1.26. The molecule has 16 heavy (non-hydrogen) atoms. The van der Waals surface area contributed by atoms with E-state index in [0.717, 1.165) is 12.8 Å². The van der Waals surface area contributed by atoms with E-state index < -0.39 is 4.92 Å². The quantitative estimate of drug-likeness (QED) is 0.614. The molecule has 86 valence electrons. The maximum atomic E-state index is 10.7. The molecular weight excluding hydrogens is 253 g/mol. The van der Waals surface area contributed by atoms with Crippen molar-refractivity contribution in [3.05, 3.63) is 32.3 Å². The lowest BCUT2D eigenvalue weighted by Gasteiger charge is -2.07. The van der Waals surface area contributed by atoms with Crippen molar-refractivity contribution in [2.45, 2.75) is 12.8 Å². The highest BCUT2D eigenvalue weighted by atomic mass is 35.5. The molecule has 1 aromatic carbocycles. The summed E-state index contributed by atoms with van der Waals surface area (Å²) in [5.41, 5.74) is -0.183. The molecule has 2 rings (SSSR count). The third-order valence-corrected chi connectivity index (χ3v) is 2.97. The van der Waals surface area contributed by atoms with Gasteiger partial charge in [0, 0.05) is 0 Å². The van der Waals surface area contributed by atoms with Crippen LogP contribution in [-0.4, -0.2) is 11.5 Å². The van der Waals surface area contributed by atoms with E-state index in [-0.39, 0.29) is 10.7 Å². The van der Waals surface area contributed by atoms with Gasteiger partial charge in [-0.15, -0.1) is 0 Å². The first-order valence-electron chi connectivity index (χ1n) is 4.84. The van der Waals surface area contributed by atoms with Crippen LogP contribution in [-0.2, 0) is 0 Å². The smallest absolute Gasteiger partial charge is 0.291 e. The van der Waals surface area contributed by atoms with Gasteiger partial charge in [0.05, 0.1) is 22.6 Å². The summed E-state index contributed by atoms with van der Waals surface area (Å²) < 4.78 is 5.41. The van der Waals surface area contributed by atoms with Gasteiger partial charge in [0.25, 0.3) is 5.69 Å². The largest absolute Gasteiger partial charge is 0.491 e. The maximum Gasteiger partial charge on any atom is 0.291 e. The Morgan fingerprint density at radius 1 is 1.38 bits per heavy atom. The van der Waals surface area contributed by atoms with Crippen LogP contribution >= 0.6 is 23.2 Å². The molecule has 0 aromatic heterocycles. The first-order valence-corrected chi connectivity index (χ1v) is 5.59. The van der Waals surface area contributed by atoms with Crippen LogP contribution in [0.25, 0.3) is 0 Å². The molecule has 1 saturated carbocycles. The molecule has 0 saturated heterocycles. The minimum absolute atomic E-state index is 0.0220. The van der Waals surface area contributed by atoms with E-state index >= 15 is 0 Å². The van der Waals surface area contributed by atoms with Crippen LogP contribution in [0, 0.1) is 16.0 Å². The molecule has 1 fully saturated rings. The average molecular weight is 262 g/mol. The zero-order valence-corrected chi connectivity index (χ0v) is 9.79. The maximum absolute atomic E-state index is 10.7. The van der Waals surface area contributed by atoms with E-state index in [4.69, 9.17) is 27.9 Å². The van der Waals surface area contributed by atoms with Crippen molar-refractivity contribution in [3.63, 3.8) is 0 Å². The third kappa shape index (κ3) is 2.57. The van der Waals surface area contributed by atoms with Gasteiger partial charge in [0.15, 0.2) is 0 Å². The fraction of sp³-hybridized carbons (Fsp3) is 0.400. The summed E-state index contributed by atoms with van der Waals surface area (Å²) in [5, 5.41) is 11.0. The monoisotopic (exact) mass is 261 g/mol. The first kappa shape index (κ1) is 11.5. The van der Waals surface area contributed by atoms with Crippen LogP contribution in [0.5, 0.6) is 5.75 Å². The second kappa shape index (κ2) is 4.47. The van der Waals surface area contributed by atoms with E-state index in [1.54, 1.807) is 0 Å². The highest BCUT2D eigenvalue weighted by Crippen LogP contribution is 2.37. The second-order valence-corrected chi connectivity index (χ2v) is 4.56. The Labute approximate surface area is 102 Å². The molecule has 6 heteroatoms. The molecular formula is C10H9Cl2NO3. The Morgan fingerprint density at radius 3 is 2.62 bits per heavy atom. The van der Waals surface area contributed by atoms with Gasteiger partial charge >= 0.3 is 0 Å². The molecule has 0 amide bonds. The molecule has 0 bridgehead atoms. The highest BCUT2D eigenvalue weighted by Gasteiger charge is 2.23. The average Bonchev–Trinajstić information content (AvgIpc) is 2.99. The van der Waals surface area contributed by atoms with E-state index in [1.807, 2.05) is 0 Å². The van der Waals surface area contributed by atoms with Gasteiger partial charge in [-0.2, -0.15) is 0 Å². The van der Waals surface area contributed by atoms with Gasteiger partial charge in [-0.25, -0.2) is 0 Å². The van der Waals surface area contributed by atoms with Crippen molar-refractivity contribution in [2.75, 3.05) is 6.61 Å². The van der Waals surface area contributed by atoms with Gasteiger partial charge in [-0.05, 0) is 24.8 Å². The molecule has 1 aromatic rings. The molecule has 1 aliphatic carbocycles. The van der Waals surface area contributed by atoms with Crippen molar-refractivity contribution in [3.8, 4) is 5.75 Å². The minimum atomic E-state index is -0.553. The SMILES string of the molecule is O=[N+]([O-])c1cc(OCC2CC2)c(Cl)cc1Cl. The zero-order valence-electron chi connectivity index (χ0n) is 8.28. The number of ether oxygens (including phenoxy) is 1. The number of benzene rings is 1. The standard InChI is InChI=1S/C10H9Cl2NO3/c11-7-3-8(12)10(4-9(7)13(14)15)16-5-6-1-2-6/h3-4,6H,1-2,5H2. The summed E-state index contributed by atoms with van der Waals surface area (Å²) in [7, 11) is 0. The first-order chi connectivity index (χ1) is 7.58. The lowest BCUT2D eigenvalue weighted by molar-refractivity contribution is -0.384. The van der Waals surface area contributed by atoms with Crippen molar-refractivity contribution >= 4 is 28.9 Å². The number of nitro groups is 1. The van der Waals surface area contributed by atoms with Crippen LogP contribution < -0.4 is 4.74 Å². The molecule has 0 spiro atoms. The van der Waals surface area contributed by atoms with Crippen molar-refractivity contribution in [1.82, 2.24) is 0 Å². The molecule has 4 nitrogen and oxygen atoms in total. The predicted molar refractivity (Wildman–Crippen MR) is 61.3 cm³/mol. The Morgan fingerprint density at radius 2 is 2.06 bits per heavy atom. The lowest BCUT2D eigenvalue weighted by atomic mass is 10.3. The molecule has 0 radical (unpaired) electrons. The van der Waals surface area contributed by atoms with E-state index in [0.29, 0.717) is 23.3 Å². The van der Waals surface area contributed by atoms with Crippen molar-refractivity contribution in [2.24, 2.45) is 5.92 Å². The number of rotatable bonds is 4. The van der Waals surface area contributed by atoms with Crippen LogP contribution in [0.3, 0.4) is 0 Å². The highest BCUT2D eigenvalue weighted by molar-refractivity contribution is 6.36. The Kier molecular flexibility index (Phi) is 3.21. The predicted octanol–water partition coefficient (Wildman–Crippen LogP) is 3.69. The van der Waals surface area contributed by atoms with Crippen LogP contribution in [0.1, 0.15) is 12.8 Å². The summed E-state index contributed by atoms with van der Waals surface area (Å²) in [6.07, 6.45) is 2.29. The Hall–Kier alpha value is -1.00. The lowest BCUT2D eigenvalue weighted by Crippen LogP contribution is -2.00. The number of nitrogens with zero attached hydrogens (tertiary/aromatic N) is 1. The number of nitro benzene ring substituents is 1. The third-order valence-electron chi connectivity index (χ3n) is 2.37. The molecule has 0 atom stereocenters. The van der Waals surface area contributed by atoms with E-state index in [1.165, 1.54) is 12.1 Å². The fourth-order valence-corrected chi connectivity index (χ4v) is 1.77. The van der Waals surface area contributed by atoms with Crippen molar-refractivity contribution in [1.29, 1.82) is 0 Å².